The molecule has 5 rings (SSSR count). The zero-order chi connectivity index (χ0) is 21.6. The van der Waals surface area contributed by atoms with Crippen LogP contribution in [0.5, 0.6) is 0 Å². The number of benzene rings is 2. The number of hydrogen-bond acceptors (Lipinski definition) is 3. The summed E-state index contributed by atoms with van der Waals surface area (Å²) in [6.07, 6.45) is 3.74. The molecular formula is C26H30N2O3. The second-order valence-corrected chi connectivity index (χ2v) is 9.46. The Labute approximate surface area is 183 Å². The normalized spacial score (nSPS) is 26.1. The van der Waals surface area contributed by atoms with Crippen molar-refractivity contribution in [1.82, 2.24) is 4.90 Å². The number of fused-ring (bicyclic) bond motifs is 1. The van der Waals surface area contributed by atoms with Crippen molar-refractivity contribution >= 4 is 17.6 Å². The standard InChI is InChI=1S/C26H30N2O3/c1-2-23(29)28-13-11-25(12-14-28)17-26(25,24(30)31)21-9-7-18(8-10-21)20-15-19-5-3-4-6-22(19)27-16-20/h3-10,20,27H,2,11-17H2,1H3,(H,30,31)/t20?,26-/m1/s1. The molecule has 0 radical (unpaired) electrons. The summed E-state index contributed by atoms with van der Waals surface area (Å²) < 4.78 is 0. The molecule has 2 atom stereocenters. The van der Waals surface area contributed by atoms with E-state index in [-0.39, 0.29) is 11.3 Å². The maximum Gasteiger partial charge on any atom is 0.314 e. The minimum absolute atomic E-state index is 0.170. The number of piperidine rings is 1. The van der Waals surface area contributed by atoms with Crippen LogP contribution >= 0.6 is 0 Å². The fourth-order valence-electron chi connectivity index (χ4n) is 6.03. The predicted octanol–water partition coefficient (Wildman–Crippen LogP) is 4.18. The van der Waals surface area contributed by atoms with E-state index in [1.807, 2.05) is 24.0 Å². The number of rotatable bonds is 4. The number of carboxylic acids is 1. The van der Waals surface area contributed by atoms with Crippen LogP contribution in [0.15, 0.2) is 48.5 Å². The van der Waals surface area contributed by atoms with Crippen molar-refractivity contribution in [2.24, 2.45) is 5.41 Å². The third-order valence-electron chi connectivity index (χ3n) is 8.02. The van der Waals surface area contributed by atoms with Crippen LogP contribution in [0.3, 0.4) is 0 Å². The van der Waals surface area contributed by atoms with Crippen LogP contribution in [0, 0.1) is 5.41 Å². The monoisotopic (exact) mass is 418 g/mol. The molecule has 5 nitrogen and oxygen atoms in total. The minimum Gasteiger partial charge on any atom is -0.481 e. The Hall–Kier alpha value is -2.82. The third-order valence-corrected chi connectivity index (χ3v) is 8.02. The maximum absolute atomic E-state index is 12.5. The molecule has 2 aliphatic heterocycles. The highest BCUT2D eigenvalue weighted by Gasteiger charge is 2.72. The van der Waals surface area contributed by atoms with Crippen molar-refractivity contribution in [2.45, 2.75) is 50.4 Å². The van der Waals surface area contributed by atoms with Crippen molar-refractivity contribution in [3.05, 3.63) is 65.2 Å². The highest BCUT2D eigenvalue weighted by atomic mass is 16.4. The van der Waals surface area contributed by atoms with Crippen LogP contribution in [-0.2, 0) is 21.4 Å². The van der Waals surface area contributed by atoms with Crippen molar-refractivity contribution in [3.8, 4) is 0 Å². The third kappa shape index (κ3) is 3.13. The lowest BCUT2D eigenvalue weighted by Crippen LogP contribution is -2.42. The van der Waals surface area contributed by atoms with Crippen LogP contribution in [0.1, 0.15) is 55.2 Å². The largest absolute Gasteiger partial charge is 0.481 e. The van der Waals surface area contributed by atoms with Crippen LogP contribution in [0.4, 0.5) is 5.69 Å². The molecule has 31 heavy (non-hydrogen) atoms. The van der Waals surface area contributed by atoms with Gasteiger partial charge in [0.1, 0.15) is 0 Å². The summed E-state index contributed by atoms with van der Waals surface area (Å²) in [5, 5.41) is 13.8. The van der Waals surface area contributed by atoms with Gasteiger partial charge in [-0.05, 0) is 53.9 Å². The van der Waals surface area contributed by atoms with Crippen molar-refractivity contribution < 1.29 is 14.7 Å². The lowest BCUT2D eigenvalue weighted by Gasteiger charge is -2.35. The Kier molecular flexibility index (Phi) is 4.80. The van der Waals surface area contributed by atoms with Crippen LogP contribution in [-0.4, -0.2) is 41.5 Å². The van der Waals surface area contributed by atoms with E-state index < -0.39 is 11.4 Å². The number of carboxylic acid groups (broad SMARTS) is 1. The fourth-order valence-corrected chi connectivity index (χ4v) is 6.03. The highest BCUT2D eigenvalue weighted by molar-refractivity contribution is 5.87. The molecular weight excluding hydrogens is 388 g/mol. The number of carbonyl (C=O) groups excluding carboxylic acids is 1. The van der Waals surface area contributed by atoms with Gasteiger partial charge in [0.05, 0.1) is 5.41 Å². The van der Waals surface area contributed by atoms with Crippen LogP contribution in [0.25, 0.3) is 0 Å². The Morgan fingerprint density at radius 3 is 2.48 bits per heavy atom. The lowest BCUT2D eigenvalue weighted by atomic mass is 9.79. The first-order valence-electron chi connectivity index (χ1n) is 11.4. The summed E-state index contributed by atoms with van der Waals surface area (Å²) >= 11 is 0. The number of para-hydroxylation sites is 1. The molecule has 1 aliphatic carbocycles. The smallest absolute Gasteiger partial charge is 0.314 e. The van der Waals surface area contributed by atoms with Gasteiger partial charge in [0, 0.05) is 37.7 Å². The average Bonchev–Trinajstić information content (AvgIpc) is 3.47. The van der Waals surface area contributed by atoms with Gasteiger partial charge in [-0.15, -0.1) is 0 Å². The Morgan fingerprint density at radius 2 is 1.81 bits per heavy atom. The summed E-state index contributed by atoms with van der Waals surface area (Å²) in [6, 6.07) is 16.8. The molecule has 1 spiro atoms. The molecule has 2 aromatic rings. The van der Waals surface area contributed by atoms with Gasteiger partial charge in [-0.25, -0.2) is 0 Å². The first-order valence-corrected chi connectivity index (χ1v) is 11.4. The lowest BCUT2D eigenvalue weighted by molar-refractivity contribution is -0.141. The summed E-state index contributed by atoms with van der Waals surface area (Å²) in [5.41, 5.74) is 3.71. The molecule has 1 amide bonds. The van der Waals surface area contributed by atoms with Crippen molar-refractivity contribution in [2.75, 3.05) is 25.0 Å². The number of likely N-dealkylation sites (tertiary alicyclic amines) is 1. The van der Waals surface area contributed by atoms with E-state index in [4.69, 9.17) is 0 Å². The first-order chi connectivity index (χ1) is 15.0. The average molecular weight is 419 g/mol. The second kappa shape index (κ2) is 7.40. The van der Waals surface area contributed by atoms with Gasteiger partial charge in [0.15, 0.2) is 0 Å². The van der Waals surface area contributed by atoms with E-state index in [9.17, 15) is 14.7 Å². The van der Waals surface area contributed by atoms with Gasteiger partial charge in [-0.3, -0.25) is 9.59 Å². The quantitative estimate of drug-likeness (QED) is 0.781. The van der Waals surface area contributed by atoms with E-state index >= 15 is 0 Å². The van der Waals surface area contributed by atoms with Crippen LogP contribution in [0.2, 0.25) is 0 Å². The molecule has 0 aromatic heterocycles. The summed E-state index contributed by atoms with van der Waals surface area (Å²) in [6.45, 7) is 4.12. The highest BCUT2D eigenvalue weighted by Crippen LogP contribution is 2.69. The minimum atomic E-state index is -0.801. The Bertz CT molecular complexity index is 1010. The topological polar surface area (TPSA) is 69.6 Å². The molecule has 2 N–H and O–H groups in total. The SMILES string of the molecule is CCC(=O)N1CCC2(CC1)C[C@]2(C(=O)O)c1ccc(C2CNc3ccccc3C2)cc1. The Balaban J connectivity index is 1.34. The number of amides is 1. The van der Waals surface area contributed by atoms with Crippen LogP contribution < -0.4 is 5.32 Å². The molecule has 5 heteroatoms. The summed E-state index contributed by atoms with van der Waals surface area (Å²) in [4.78, 5) is 26.4. The fraction of sp³-hybridized carbons (Fsp3) is 0.462. The van der Waals surface area contributed by atoms with Gasteiger partial charge in [-0.2, -0.15) is 0 Å². The van der Waals surface area contributed by atoms with E-state index in [1.165, 1.54) is 16.8 Å². The van der Waals surface area contributed by atoms with E-state index in [0.29, 0.717) is 31.8 Å². The number of nitrogens with zero attached hydrogens (tertiary/aromatic N) is 1. The molecule has 3 aliphatic rings. The molecule has 1 saturated carbocycles. The van der Waals surface area contributed by atoms with E-state index in [2.05, 4.69) is 41.7 Å². The number of carbonyl (C=O) groups is 2. The van der Waals surface area contributed by atoms with Gasteiger partial charge in [0.25, 0.3) is 0 Å². The molecule has 2 heterocycles. The van der Waals surface area contributed by atoms with Gasteiger partial charge >= 0.3 is 5.97 Å². The van der Waals surface area contributed by atoms with Gasteiger partial charge in [-0.1, -0.05) is 49.4 Å². The summed E-state index contributed by atoms with van der Waals surface area (Å²) in [5.74, 6) is -0.159. The van der Waals surface area contributed by atoms with Crippen molar-refractivity contribution in [1.29, 1.82) is 0 Å². The summed E-state index contributed by atoms with van der Waals surface area (Å²) in [7, 11) is 0. The number of anilines is 1. The predicted molar refractivity (Wildman–Crippen MR) is 120 cm³/mol. The first kappa shape index (κ1) is 20.1. The molecule has 2 fully saturated rings. The van der Waals surface area contributed by atoms with E-state index in [1.54, 1.807) is 0 Å². The van der Waals surface area contributed by atoms with Gasteiger partial charge < -0.3 is 15.3 Å². The zero-order valence-electron chi connectivity index (χ0n) is 18.1. The molecule has 162 valence electrons. The number of aliphatic carboxylic acids is 1. The molecule has 0 bridgehead atoms. The number of hydrogen-bond donors (Lipinski definition) is 2. The molecule has 1 unspecified atom stereocenters. The zero-order valence-corrected chi connectivity index (χ0v) is 18.1. The van der Waals surface area contributed by atoms with E-state index in [0.717, 1.165) is 31.4 Å². The second-order valence-electron chi connectivity index (χ2n) is 9.46. The molecule has 1 saturated heterocycles. The van der Waals surface area contributed by atoms with Gasteiger partial charge in [0.2, 0.25) is 5.91 Å². The maximum atomic E-state index is 12.5. The Morgan fingerprint density at radius 1 is 1.10 bits per heavy atom. The molecule has 2 aromatic carbocycles. The van der Waals surface area contributed by atoms with Crippen molar-refractivity contribution in [3.63, 3.8) is 0 Å². The number of nitrogens with one attached hydrogen (secondary N) is 1.